The summed E-state index contributed by atoms with van der Waals surface area (Å²) in [5.74, 6) is 9.58. The van der Waals surface area contributed by atoms with Crippen LogP contribution < -0.4 is 20.4 Å². The molecule has 2 aliphatic rings. The average molecular weight is 815 g/mol. The van der Waals surface area contributed by atoms with Crippen LogP contribution in [0.1, 0.15) is 58.9 Å². The van der Waals surface area contributed by atoms with E-state index in [1.54, 1.807) is 58.9 Å². The first-order chi connectivity index (χ1) is 26.6. The normalized spacial score (nSPS) is 15.5. The van der Waals surface area contributed by atoms with Crippen molar-refractivity contribution >= 4 is 48.6 Å². The fourth-order valence-electron chi connectivity index (χ4n) is 6.48. The van der Waals surface area contributed by atoms with Crippen molar-refractivity contribution in [2.45, 2.75) is 58.3 Å². The maximum Gasteiger partial charge on any atom is 0.255 e. The molecule has 0 atom stereocenters. The van der Waals surface area contributed by atoms with E-state index < -0.39 is 48.5 Å². The second kappa shape index (κ2) is 20.5. The largest absolute Gasteiger partial charge is 0.481 e. The summed E-state index contributed by atoms with van der Waals surface area (Å²) in [5.41, 5.74) is 0.738. The van der Waals surface area contributed by atoms with E-state index in [9.17, 15) is 41.2 Å². The fourth-order valence-corrected chi connectivity index (χ4v) is 9.29. The van der Waals surface area contributed by atoms with Crippen molar-refractivity contribution in [2.75, 3.05) is 45.1 Å². The lowest BCUT2D eigenvalue weighted by molar-refractivity contribution is -0.144. The van der Waals surface area contributed by atoms with E-state index in [1.165, 1.54) is 38.1 Å². The number of amides is 4. The van der Waals surface area contributed by atoms with E-state index in [4.69, 9.17) is 14.7 Å². The van der Waals surface area contributed by atoms with E-state index in [-0.39, 0.29) is 86.7 Å². The lowest BCUT2D eigenvalue weighted by atomic mass is 9.73. The molecule has 0 spiro atoms. The van der Waals surface area contributed by atoms with Gasteiger partial charge in [0.2, 0.25) is 22.1 Å². The zero-order chi connectivity index (χ0) is 41.5. The van der Waals surface area contributed by atoms with E-state index in [2.05, 4.69) is 23.7 Å². The molecule has 2 saturated heterocycles. The Morgan fingerprint density at radius 3 is 1.55 bits per heavy atom. The quantitative estimate of drug-likeness (QED) is 0.0835. The molecule has 0 aromatic heterocycles. The number of likely N-dealkylation sites (tertiary alicyclic amines) is 2. The number of nitrogens with one attached hydrogen (secondary N) is 2. The molecule has 16 nitrogen and oxygen atoms in total. The smallest absolute Gasteiger partial charge is 0.255 e. The summed E-state index contributed by atoms with van der Waals surface area (Å²) in [6, 6.07) is 12.2. The van der Waals surface area contributed by atoms with Gasteiger partial charge in [0, 0.05) is 40.0 Å². The van der Waals surface area contributed by atoms with Crippen molar-refractivity contribution in [3.8, 4) is 35.2 Å². The van der Waals surface area contributed by atoms with Gasteiger partial charge in [-0.1, -0.05) is 11.8 Å². The van der Waals surface area contributed by atoms with Gasteiger partial charge in [0.1, 0.15) is 24.7 Å². The molecule has 4 rings (SSSR count). The topological polar surface area (TPSA) is 226 Å². The predicted molar refractivity (Wildman–Crippen MR) is 204 cm³/mol. The van der Waals surface area contributed by atoms with Gasteiger partial charge >= 0.3 is 0 Å². The Kier molecular flexibility index (Phi) is 16.5. The minimum Gasteiger partial charge on any atom is -0.481 e. The maximum atomic E-state index is 12.9. The second-order valence-corrected chi connectivity index (χ2v) is 15.9. The van der Waals surface area contributed by atoms with Gasteiger partial charge < -0.3 is 19.3 Å². The lowest BCUT2D eigenvalue weighted by Crippen LogP contribution is -2.53. The van der Waals surface area contributed by atoms with Crippen LogP contribution in [0.15, 0.2) is 53.4 Å². The highest BCUT2D eigenvalue weighted by molar-refractivity contribution is 7.91. The third-order valence-electron chi connectivity index (χ3n) is 9.69. The van der Waals surface area contributed by atoms with Crippen LogP contribution in [0, 0.1) is 34.5 Å². The van der Waals surface area contributed by atoms with Crippen LogP contribution >= 0.6 is 0 Å². The van der Waals surface area contributed by atoms with Crippen molar-refractivity contribution < 1.29 is 55.9 Å². The van der Waals surface area contributed by atoms with Crippen LogP contribution in [0.25, 0.3) is 0 Å². The van der Waals surface area contributed by atoms with Gasteiger partial charge in [-0.15, -0.1) is 11.8 Å². The third-order valence-corrected chi connectivity index (χ3v) is 12.6. The minimum absolute atomic E-state index is 0.0561. The Morgan fingerprint density at radius 2 is 1.16 bits per heavy atom. The number of hydrogen-bond donors (Lipinski definition) is 4. The molecule has 0 saturated carbocycles. The van der Waals surface area contributed by atoms with Crippen molar-refractivity contribution in [1.29, 1.82) is 0 Å². The molecule has 4 N–H and O–H groups in total. The molecule has 0 aliphatic carbocycles. The van der Waals surface area contributed by atoms with E-state index in [0.29, 0.717) is 17.1 Å². The second-order valence-electron chi connectivity index (χ2n) is 13.0. The van der Waals surface area contributed by atoms with Gasteiger partial charge in [0.05, 0.1) is 26.3 Å². The standard InChI is InChI=1S/C19H24N2O6S.C19H22N2O6S/c1-3-4-13-27-16-5-7-17(8-6-16)28(25,26)14-19(18(23)20-24)9-11-21(12-10-19)15(2)22;1-3-4-13-27-16-7-5-15(6-8-16)17(28(25)26)19(18(23)20-24)9-11-21(12-10-19)14(2)22/h5-8,24H,9-14H2,1-2H3,(H,20,23);5-8,24H,9-13H2,1-2H3,(H,20,23). The van der Waals surface area contributed by atoms with Crippen LogP contribution in [0.5, 0.6) is 11.5 Å². The summed E-state index contributed by atoms with van der Waals surface area (Å²) in [6.45, 7) is 7.56. The summed E-state index contributed by atoms with van der Waals surface area (Å²) in [4.78, 5) is 51.0. The molecule has 2 aromatic rings. The van der Waals surface area contributed by atoms with Crippen molar-refractivity contribution in [2.24, 2.45) is 10.8 Å². The van der Waals surface area contributed by atoms with E-state index in [0.717, 1.165) is 0 Å². The SMILES string of the molecule is CC#CCOc1ccc(C(=S(=O)=O)C2(C(=O)NO)CCN(C(C)=O)CC2)cc1.CC#CCOc1ccc(S(=O)(=O)CC2(C(=O)NO)CCN(C(C)=O)CC2)cc1. The van der Waals surface area contributed by atoms with E-state index in [1.807, 2.05) is 0 Å². The Bertz CT molecular complexity index is 2110. The molecule has 2 heterocycles. The highest BCUT2D eigenvalue weighted by Gasteiger charge is 2.48. The molecule has 2 fully saturated rings. The zero-order valence-corrected chi connectivity index (χ0v) is 33.2. The Morgan fingerprint density at radius 1 is 0.732 bits per heavy atom. The number of nitrogens with zero attached hydrogens (tertiary/aromatic N) is 2. The molecule has 302 valence electrons. The van der Waals surface area contributed by atoms with Gasteiger partial charge in [-0.2, -0.15) is 8.42 Å². The molecule has 0 bridgehead atoms. The number of benzene rings is 2. The Labute approximate surface area is 327 Å². The van der Waals surface area contributed by atoms with Crippen molar-refractivity contribution in [3.05, 3.63) is 54.1 Å². The fraction of sp³-hybridized carbons (Fsp3) is 0.447. The van der Waals surface area contributed by atoms with Crippen molar-refractivity contribution in [1.82, 2.24) is 20.8 Å². The van der Waals surface area contributed by atoms with Crippen LogP contribution in [0.3, 0.4) is 0 Å². The zero-order valence-electron chi connectivity index (χ0n) is 31.6. The molecule has 0 unspecified atom stereocenters. The van der Waals surface area contributed by atoms with Crippen LogP contribution in [0.4, 0.5) is 0 Å². The number of carbonyl (C=O) groups is 4. The van der Waals surface area contributed by atoms with Gasteiger partial charge in [0.25, 0.3) is 11.8 Å². The first-order valence-corrected chi connectivity index (χ1v) is 20.2. The maximum absolute atomic E-state index is 12.9. The number of carbonyl (C=O) groups excluding carboxylic acids is 4. The summed E-state index contributed by atoms with van der Waals surface area (Å²) in [6.07, 6.45) is 0.448. The molecule has 2 aliphatic heterocycles. The van der Waals surface area contributed by atoms with Gasteiger partial charge in [0.15, 0.2) is 9.84 Å². The highest BCUT2D eigenvalue weighted by Crippen LogP contribution is 2.37. The van der Waals surface area contributed by atoms with Gasteiger partial charge in [-0.3, -0.25) is 29.6 Å². The molecule has 2 aromatic carbocycles. The third kappa shape index (κ3) is 11.3. The highest BCUT2D eigenvalue weighted by atomic mass is 32.2. The van der Waals surface area contributed by atoms with Crippen LogP contribution in [-0.4, -0.2) is 111 Å². The van der Waals surface area contributed by atoms with Crippen molar-refractivity contribution in [3.63, 3.8) is 0 Å². The molecule has 0 radical (unpaired) electrons. The lowest BCUT2D eigenvalue weighted by Gasteiger charge is -2.39. The summed E-state index contributed by atoms with van der Waals surface area (Å²) < 4.78 is 60.8. The molecule has 56 heavy (non-hydrogen) atoms. The monoisotopic (exact) mass is 814 g/mol. The van der Waals surface area contributed by atoms with Gasteiger partial charge in [-0.25, -0.2) is 19.4 Å². The number of piperidine rings is 2. The summed E-state index contributed by atoms with van der Waals surface area (Å²) in [7, 11) is -6.53. The number of hydroxylamine groups is 2. The van der Waals surface area contributed by atoms with E-state index >= 15 is 0 Å². The number of rotatable bonds is 11. The Hall–Kier alpha value is -5.40. The number of hydrogen-bond acceptors (Lipinski definition) is 12. The molecular weight excluding hydrogens is 769 g/mol. The average Bonchev–Trinajstić information content (AvgIpc) is 3.18. The molecule has 18 heteroatoms. The summed E-state index contributed by atoms with van der Waals surface area (Å²) in [5, 5.41) is 18.4. The molecule has 4 amide bonds. The number of ether oxygens (including phenoxy) is 2. The van der Waals surface area contributed by atoms with Crippen LogP contribution in [0.2, 0.25) is 0 Å². The first kappa shape index (κ1) is 45.0. The van der Waals surface area contributed by atoms with Crippen LogP contribution in [-0.2, 0) is 39.3 Å². The molecular formula is C38H46N4O12S2. The van der Waals surface area contributed by atoms with Gasteiger partial charge in [-0.05, 0) is 93.6 Å². The first-order valence-electron chi connectivity index (χ1n) is 17.4. The predicted octanol–water partition coefficient (Wildman–Crippen LogP) is 1.62. The minimum atomic E-state index is -3.81. The Balaban J connectivity index is 0.000000300. The number of sulfone groups is 1. The summed E-state index contributed by atoms with van der Waals surface area (Å²) >= 11 is 0.